The first-order valence-electron chi connectivity index (χ1n) is 6.26. The maximum Gasteiger partial charge on any atom is 0.393 e. The monoisotopic (exact) mass is 426 g/mol. The highest BCUT2D eigenvalue weighted by Gasteiger charge is 2.89. The predicted octanol–water partition coefficient (Wildman–Crippen LogP) is 4.36. The number of nitrogens with one attached hydrogen (secondary N) is 1. The Hall–Kier alpha value is -2.16. The number of carbonyl (C=O) groups is 1. The molecule has 156 valence electrons. The number of halogens is 12. The van der Waals surface area contributed by atoms with E-state index in [9.17, 15) is 57.5 Å². The molecule has 27 heavy (non-hydrogen) atoms. The van der Waals surface area contributed by atoms with Gasteiger partial charge >= 0.3 is 41.9 Å². The number of anilines is 1. The molecule has 1 aromatic heterocycles. The highest BCUT2D eigenvalue weighted by atomic mass is 19.4. The Balaban J connectivity index is 3.32. The highest BCUT2D eigenvalue weighted by molar-refractivity contribution is 5.96. The zero-order valence-electron chi connectivity index (χ0n) is 12.5. The molecule has 0 unspecified atom stereocenters. The first-order chi connectivity index (χ1) is 11.8. The van der Waals surface area contributed by atoms with Crippen LogP contribution in [0.3, 0.4) is 0 Å². The highest BCUT2D eigenvalue weighted by Crippen LogP contribution is 2.58. The van der Waals surface area contributed by atoms with Crippen molar-refractivity contribution < 1.29 is 62.0 Å². The average molecular weight is 426 g/mol. The van der Waals surface area contributed by atoms with Crippen molar-refractivity contribution in [1.29, 1.82) is 0 Å². The molecule has 0 aromatic carbocycles. The molecule has 0 bridgehead atoms. The zero-order chi connectivity index (χ0) is 21.6. The molecule has 4 nitrogen and oxygen atoms in total. The molecular formula is C11H6F12N2O2. The molecule has 0 radical (unpaired) electrons. The van der Waals surface area contributed by atoms with Crippen molar-refractivity contribution in [1.82, 2.24) is 5.16 Å². The quantitative estimate of drug-likeness (QED) is 0.660. The van der Waals surface area contributed by atoms with Crippen LogP contribution in [0.15, 0.2) is 10.6 Å². The molecular weight excluding hydrogens is 420 g/mol. The van der Waals surface area contributed by atoms with Gasteiger partial charge in [-0.15, -0.1) is 0 Å². The van der Waals surface area contributed by atoms with Crippen LogP contribution in [0.2, 0.25) is 0 Å². The second kappa shape index (κ2) is 6.47. The molecule has 1 amide bonds. The first kappa shape index (κ1) is 22.9. The van der Waals surface area contributed by atoms with E-state index in [0.717, 1.165) is 12.2 Å². The summed E-state index contributed by atoms with van der Waals surface area (Å²) in [6, 6.07) is 0.615. The van der Waals surface area contributed by atoms with E-state index in [1.54, 1.807) is 0 Å². The molecule has 1 heterocycles. The number of amides is 1. The van der Waals surface area contributed by atoms with Crippen LogP contribution in [-0.2, 0) is 4.79 Å². The normalized spacial score (nSPS) is 14.6. The fourth-order valence-corrected chi connectivity index (χ4v) is 1.50. The van der Waals surface area contributed by atoms with Crippen LogP contribution in [0.4, 0.5) is 58.5 Å². The lowest BCUT2D eigenvalue weighted by Gasteiger charge is -2.38. The van der Waals surface area contributed by atoms with Crippen molar-refractivity contribution in [2.45, 2.75) is 43.0 Å². The number of hydrogen-bond acceptors (Lipinski definition) is 3. The fraction of sp³-hybridized carbons (Fsp3) is 0.636. The molecule has 0 spiro atoms. The van der Waals surface area contributed by atoms with Gasteiger partial charge in [0.2, 0.25) is 0 Å². The summed E-state index contributed by atoms with van der Waals surface area (Å²) in [6.45, 7) is 1.11. The molecule has 16 heteroatoms. The van der Waals surface area contributed by atoms with Crippen molar-refractivity contribution in [2.24, 2.45) is 0 Å². The SMILES string of the molecule is Cc1cc(NC(=O)C(F)(F)C(F)(F)C(F)(F)C(F)(F)C(F)(F)C(F)F)no1. The van der Waals surface area contributed by atoms with Crippen LogP contribution in [0, 0.1) is 6.92 Å². The van der Waals surface area contributed by atoms with E-state index in [2.05, 4.69) is 9.68 Å². The Labute approximate surface area is 140 Å². The maximum absolute atomic E-state index is 13.4. The van der Waals surface area contributed by atoms with Gasteiger partial charge in [-0.25, -0.2) is 8.78 Å². The van der Waals surface area contributed by atoms with Gasteiger partial charge in [-0.05, 0) is 6.92 Å². The molecule has 0 fully saturated rings. The molecule has 1 rings (SSSR count). The van der Waals surface area contributed by atoms with E-state index in [0.29, 0.717) is 6.07 Å². The van der Waals surface area contributed by atoms with E-state index in [1.807, 2.05) is 0 Å². The Kier molecular flexibility index (Phi) is 5.48. The van der Waals surface area contributed by atoms with Gasteiger partial charge in [0.05, 0.1) is 0 Å². The lowest BCUT2D eigenvalue weighted by atomic mass is 9.94. The third kappa shape index (κ3) is 3.28. The van der Waals surface area contributed by atoms with E-state index < -0.39 is 47.8 Å². The second-order valence-electron chi connectivity index (χ2n) is 5.00. The van der Waals surface area contributed by atoms with Crippen molar-refractivity contribution in [3.63, 3.8) is 0 Å². The second-order valence-corrected chi connectivity index (χ2v) is 5.00. The van der Waals surface area contributed by atoms with Crippen LogP contribution < -0.4 is 5.32 Å². The van der Waals surface area contributed by atoms with Gasteiger partial charge < -0.3 is 9.84 Å². The maximum atomic E-state index is 13.4. The van der Waals surface area contributed by atoms with Gasteiger partial charge in [0, 0.05) is 6.07 Å². The van der Waals surface area contributed by atoms with Crippen molar-refractivity contribution in [2.75, 3.05) is 5.32 Å². The summed E-state index contributed by atoms with van der Waals surface area (Å²) in [7, 11) is 0. The number of alkyl halides is 12. The van der Waals surface area contributed by atoms with Crippen LogP contribution >= 0.6 is 0 Å². The smallest absolute Gasteiger partial charge is 0.360 e. The summed E-state index contributed by atoms with van der Waals surface area (Å²) in [4.78, 5) is 11.1. The minimum atomic E-state index is -7.78. The van der Waals surface area contributed by atoms with Gasteiger partial charge in [0.25, 0.3) is 0 Å². The predicted molar refractivity (Wildman–Crippen MR) is 60.6 cm³/mol. The lowest BCUT2D eigenvalue weighted by Crippen LogP contribution is -2.70. The summed E-state index contributed by atoms with van der Waals surface area (Å²) >= 11 is 0. The molecule has 0 aliphatic carbocycles. The molecule has 0 atom stereocenters. The summed E-state index contributed by atoms with van der Waals surface area (Å²) in [5, 5.41) is 3.59. The summed E-state index contributed by atoms with van der Waals surface area (Å²) in [5.74, 6) is -41.5. The Bertz CT molecular complexity index is 699. The third-order valence-corrected chi connectivity index (χ3v) is 3.03. The van der Waals surface area contributed by atoms with Gasteiger partial charge in [-0.2, -0.15) is 43.9 Å². The molecule has 0 saturated heterocycles. The number of aromatic nitrogens is 1. The summed E-state index contributed by atoms with van der Waals surface area (Å²) in [6.07, 6.45) is -5.62. The Morgan fingerprint density at radius 3 is 1.81 bits per heavy atom. The fourth-order valence-electron chi connectivity index (χ4n) is 1.50. The molecule has 0 saturated carbocycles. The number of hydrogen-bond donors (Lipinski definition) is 1. The van der Waals surface area contributed by atoms with Gasteiger partial charge in [0.15, 0.2) is 5.82 Å². The first-order valence-corrected chi connectivity index (χ1v) is 6.26. The molecule has 1 N–H and O–H groups in total. The Morgan fingerprint density at radius 2 is 1.44 bits per heavy atom. The Morgan fingerprint density at radius 1 is 0.963 bits per heavy atom. The summed E-state index contributed by atoms with van der Waals surface area (Å²) < 4.78 is 159. The third-order valence-electron chi connectivity index (χ3n) is 3.03. The average Bonchev–Trinajstić information content (AvgIpc) is 2.91. The molecule has 0 aliphatic heterocycles. The standard InChI is InChI=1S/C11H6F12N2O2/c1-3-2-4(25-27-3)24-6(26)8(16,17)10(20,21)11(22,23)9(18,19)7(14,15)5(12)13/h2,5H,1H3,(H,24,25,26). The van der Waals surface area contributed by atoms with E-state index in [4.69, 9.17) is 0 Å². The van der Waals surface area contributed by atoms with Crippen molar-refractivity contribution in [3.05, 3.63) is 11.8 Å². The minimum Gasteiger partial charge on any atom is -0.360 e. The molecule has 0 aliphatic rings. The van der Waals surface area contributed by atoms with E-state index in [-0.39, 0.29) is 5.76 Å². The van der Waals surface area contributed by atoms with Crippen molar-refractivity contribution >= 4 is 11.7 Å². The molecule has 1 aromatic rings. The van der Waals surface area contributed by atoms with Gasteiger partial charge in [-0.1, -0.05) is 5.16 Å². The van der Waals surface area contributed by atoms with Crippen LogP contribution in [-0.4, -0.2) is 47.1 Å². The summed E-state index contributed by atoms with van der Waals surface area (Å²) in [5.41, 5.74) is 0. The lowest BCUT2D eigenvalue weighted by molar-refractivity contribution is -0.406. The number of aryl methyl sites for hydroxylation is 1. The van der Waals surface area contributed by atoms with E-state index in [1.165, 1.54) is 0 Å². The topological polar surface area (TPSA) is 55.1 Å². The van der Waals surface area contributed by atoms with Crippen LogP contribution in [0.25, 0.3) is 0 Å². The largest absolute Gasteiger partial charge is 0.393 e. The van der Waals surface area contributed by atoms with Gasteiger partial charge in [0.1, 0.15) is 5.76 Å². The van der Waals surface area contributed by atoms with Crippen LogP contribution in [0.5, 0.6) is 0 Å². The van der Waals surface area contributed by atoms with Crippen LogP contribution in [0.1, 0.15) is 5.76 Å². The van der Waals surface area contributed by atoms with Crippen molar-refractivity contribution in [3.8, 4) is 0 Å². The van der Waals surface area contributed by atoms with Gasteiger partial charge in [-0.3, -0.25) is 4.79 Å². The number of rotatable bonds is 7. The number of nitrogens with zero attached hydrogens (tertiary/aromatic N) is 1. The minimum absolute atomic E-state index is 0.200. The van der Waals surface area contributed by atoms with E-state index >= 15 is 0 Å². The number of carbonyl (C=O) groups excluding carboxylic acids is 1. The zero-order valence-corrected chi connectivity index (χ0v) is 12.5.